The summed E-state index contributed by atoms with van der Waals surface area (Å²) in [5, 5.41) is 8.89. The summed E-state index contributed by atoms with van der Waals surface area (Å²) in [7, 11) is 1.91. The Morgan fingerprint density at radius 2 is 2.00 bits per heavy atom. The number of rotatable bonds is 2. The third-order valence-corrected chi connectivity index (χ3v) is 3.82. The zero-order chi connectivity index (χ0) is 14.0. The van der Waals surface area contributed by atoms with Gasteiger partial charge in [0, 0.05) is 18.3 Å². The molecule has 0 aromatic heterocycles. The van der Waals surface area contributed by atoms with Gasteiger partial charge in [-0.1, -0.05) is 17.7 Å². The number of aryl methyl sites for hydroxylation is 1. The van der Waals surface area contributed by atoms with Crippen LogP contribution in [0.1, 0.15) is 18.9 Å². The quantitative estimate of drug-likeness (QED) is 0.813. The first-order chi connectivity index (χ1) is 9.04. The van der Waals surface area contributed by atoms with Crippen molar-refractivity contribution in [2.24, 2.45) is 0 Å². The first-order valence-electron chi connectivity index (χ1n) is 6.51. The van der Waals surface area contributed by atoms with Crippen LogP contribution in [0.15, 0.2) is 24.3 Å². The second-order valence-corrected chi connectivity index (χ2v) is 5.18. The van der Waals surface area contributed by atoms with E-state index >= 15 is 0 Å². The Hall–Kier alpha value is -1.86. The SMILES string of the molecule is Cc1ccc(N2CC(C)N(C)C(CC#N)C2=O)cc1. The van der Waals surface area contributed by atoms with Crippen molar-refractivity contribution in [2.45, 2.75) is 32.4 Å². The summed E-state index contributed by atoms with van der Waals surface area (Å²) in [4.78, 5) is 16.3. The van der Waals surface area contributed by atoms with Crippen molar-refractivity contribution in [3.63, 3.8) is 0 Å². The van der Waals surface area contributed by atoms with Gasteiger partial charge in [0.05, 0.1) is 12.5 Å². The fraction of sp³-hybridized carbons (Fsp3) is 0.467. The van der Waals surface area contributed by atoms with Gasteiger partial charge in [-0.25, -0.2) is 0 Å². The fourth-order valence-corrected chi connectivity index (χ4v) is 2.42. The zero-order valence-corrected chi connectivity index (χ0v) is 11.6. The third-order valence-electron chi connectivity index (χ3n) is 3.82. The van der Waals surface area contributed by atoms with E-state index in [-0.39, 0.29) is 24.4 Å². The Bertz CT molecular complexity index is 503. The average molecular weight is 257 g/mol. The second kappa shape index (κ2) is 5.41. The molecule has 1 aliphatic heterocycles. The predicted octanol–water partition coefficient (Wildman–Crippen LogP) is 1.94. The number of amides is 1. The Kier molecular flexibility index (Phi) is 3.87. The first-order valence-corrected chi connectivity index (χ1v) is 6.51. The van der Waals surface area contributed by atoms with E-state index in [0.29, 0.717) is 6.54 Å². The lowest BCUT2D eigenvalue weighted by molar-refractivity contribution is -0.126. The number of carbonyl (C=O) groups is 1. The molecule has 0 bridgehead atoms. The predicted molar refractivity (Wildman–Crippen MR) is 74.8 cm³/mol. The van der Waals surface area contributed by atoms with Crippen molar-refractivity contribution in [1.82, 2.24) is 4.90 Å². The molecule has 2 rings (SSSR count). The van der Waals surface area contributed by atoms with Gasteiger partial charge in [-0.2, -0.15) is 5.26 Å². The van der Waals surface area contributed by atoms with Gasteiger partial charge < -0.3 is 4.90 Å². The molecule has 0 aliphatic carbocycles. The average Bonchev–Trinajstić information content (AvgIpc) is 2.40. The molecular weight excluding hydrogens is 238 g/mol. The molecule has 0 spiro atoms. The molecule has 4 heteroatoms. The Morgan fingerprint density at radius 1 is 1.37 bits per heavy atom. The topological polar surface area (TPSA) is 47.3 Å². The van der Waals surface area contributed by atoms with Gasteiger partial charge in [-0.3, -0.25) is 9.69 Å². The molecule has 100 valence electrons. The van der Waals surface area contributed by atoms with Crippen molar-refractivity contribution in [3.8, 4) is 6.07 Å². The van der Waals surface area contributed by atoms with Crippen LogP contribution in [0.5, 0.6) is 0 Å². The van der Waals surface area contributed by atoms with Crippen LogP contribution < -0.4 is 4.90 Å². The highest BCUT2D eigenvalue weighted by Crippen LogP contribution is 2.24. The van der Waals surface area contributed by atoms with Crippen LogP contribution in [0, 0.1) is 18.3 Å². The number of benzene rings is 1. The molecule has 1 aromatic carbocycles. The summed E-state index contributed by atoms with van der Waals surface area (Å²) >= 11 is 0. The third kappa shape index (κ3) is 2.61. The molecule has 0 radical (unpaired) electrons. The highest BCUT2D eigenvalue weighted by molar-refractivity contribution is 5.98. The molecule has 1 fully saturated rings. The Balaban J connectivity index is 2.28. The van der Waals surface area contributed by atoms with Crippen LogP contribution in [0.3, 0.4) is 0 Å². The van der Waals surface area contributed by atoms with Crippen molar-refractivity contribution >= 4 is 11.6 Å². The molecule has 4 nitrogen and oxygen atoms in total. The van der Waals surface area contributed by atoms with Crippen molar-refractivity contribution < 1.29 is 4.79 Å². The van der Waals surface area contributed by atoms with Gasteiger partial charge in [-0.05, 0) is 33.0 Å². The van der Waals surface area contributed by atoms with Gasteiger partial charge in [0.15, 0.2) is 0 Å². The van der Waals surface area contributed by atoms with Crippen LogP contribution in [0.25, 0.3) is 0 Å². The van der Waals surface area contributed by atoms with Crippen molar-refractivity contribution in [2.75, 3.05) is 18.5 Å². The minimum absolute atomic E-state index is 0.0194. The van der Waals surface area contributed by atoms with Crippen LogP contribution in [-0.2, 0) is 4.79 Å². The number of anilines is 1. The molecule has 1 amide bonds. The van der Waals surface area contributed by atoms with E-state index in [1.165, 1.54) is 5.56 Å². The minimum Gasteiger partial charge on any atom is -0.309 e. The molecule has 0 saturated carbocycles. The minimum atomic E-state index is -0.338. The number of nitriles is 1. The number of likely N-dealkylation sites (N-methyl/N-ethyl adjacent to an activating group) is 1. The molecule has 1 heterocycles. The van der Waals surface area contributed by atoms with Gasteiger partial charge in [0.1, 0.15) is 6.04 Å². The first kappa shape index (κ1) is 13.6. The standard InChI is InChI=1S/C15H19N3O/c1-11-4-6-13(7-5-11)18-10-12(2)17(3)14(8-9-16)15(18)19/h4-7,12,14H,8,10H2,1-3H3. The smallest absolute Gasteiger partial charge is 0.245 e. The lowest BCUT2D eigenvalue weighted by Crippen LogP contribution is -2.59. The maximum atomic E-state index is 12.5. The Labute approximate surface area is 114 Å². The van der Waals surface area contributed by atoms with Crippen LogP contribution >= 0.6 is 0 Å². The van der Waals surface area contributed by atoms with Crippen LogP contribution in [-0.4, -0.2) is 36.5 Å². The fourth-order valence-electron chi connectivity index (χ4n) is 2.42. The monoisotopic (exact) mass is 257 g/mol. The summed E-state index contributed by atoms with van der Waals surface area (Å²) < 4.78 is 0. The van der Waals surface area contributed by atoms with E-state index in [2.05, 4.69) is 13.0 Å². The zero-order valence-electron chi connectivity index (χ0n) is 11.6. The number of hydrogen-bond donors (Lipinski definition) is 0. The maximum Gasteiger partial charge on any atom is 0.245 e. The second-order valence-electron chi connectivity index (χ2n) is 5.18. The molecule has 2 atom stereocenters. The summed E-state index contributed by atoms with van der Waals surface area (Å²) in [6.07, 6.45) is 0.238. The molecule has 2 unspecified atom stereocenters. The summed E-state index contributed by atoms with van der Waals surface area (Å²) in [5.41, 5.74) is 2.09. The normalized spacial score (nSPS) is 24.3. The van der Waals surface area contributed by atoms with Crippen molar-refractivity contribution in [3.05, 3.63) is 29.8 Å². The molecule has 1 saturated heterocycles. The number of nitrogens with zero attached hydrogens (tertiary/aromatic N) is 3. The van der Waals surface area contributed by atoms with Crippen LogP contribution in [0.4, 0.5) is 5.69 Å². The highest BCUT2D eigenvalue weighted by Gasteiger charge is 2.36. The number of hydrogen-bond acceptors (Lipinski definition) is 3. The van der Waals surface area contributed by atoms with Crippen molar-refractivity contribution in [1.29, 1.82) is 5.26 Å². The van der Waals surface area contributed by atoms with Crippen LogP contribution in [0.2, 0.25) is 0 Å². The summed E-state index contributed by atoms with van der Waals surface area (Å²) in [6, 6.07) is 9.96. The molecule has 0 N–H and O–H groups in total. The van der Waals surface area contributed by atoms with E-state index in [1.54, 1.807) is 4.90 Å². The molecule has 1 aromatic rings. The van der Waals surface area contributed by atoms with Gasteiger partial charge >= 0.3 is 0 Å². The molecular formula is C15H19N3O. The van der Waals surface area contributed by atoms with Gasteiger partial charge in [-0.15, -0.1) is 0 Å². The Morgan fingerprint density at radius 3 is 2.58 bits per heavy atom. The molecule has 19 heavy (non-hydrogen) atoms. The summed E-state index contributed by atoms with van der Waals surface area (Å²) in [5.74, 6) is 0.0194. The van der Waals surface area contributed by atoms with Gasteiger partial charge in [0.25, 0.3) is 0 Å². The van der Waals surface area contributed by atoms with E-state index in [4.69, 9.17) is 5.26 Å². The summed E-state index contributed by atoms with van der Waals surface area (Å²) in [6.45, 7) is 4.77. The van der Waals surface area contributed by atoms with E-state index in [1.807, 2.05) is 43.1 Å². The molecule has 1 aliphatic rings. The largest absolute Gasteiger partial charge is 0.309 e. The lowest BCUT2D eigenvalue weighted by Gasteiger charge is -2.42. The van der Waals surface area contributed by atoms with E-state index in [9.17, 15) is 4.79 Å². The number of carbonyl (C=O) groups excluding carboxylic acids is 1. The lowest BCUT2D eigenvalue weighted by atomic mass is 10.0. The van der Waals surface area contributed by atoms with E-state index in [0.717, 1.165) is 5.69 Å². The van der Waals surface area contributed by atoms with E-state index < -0.39 is 0 Å². The van der Waals surface area contributed by atoms with Gasteiger partial charge in [0.2, 0.25) is 5.91 Å². The highest BCUT2D eigenvalue weighted by atomic mass is 16.2. The number of piperazine rings is 1. The maximum absolute atomic E-state index is 12.5.